The van der Waals surface area contributed by atoms with Crippen LogP contribution in [-0.4, -0.2) is 43.5 Å². The Balaban J connectivity index is 0.00000178. The number of nitrogens with one attached hydrogen (secondary N) is 1. The molecule has 0 unspecified atom stereocenters. The highest BCUT2D eigenvalue weighted by Crippen LogP contribution is 2.51. The number of nitrogens with two attached hydrogens (primary N) is 1. The molecular weight excluding hydrogens is 458 g/mol. The van der Waals surface area contributed by atoms with Gasteiger partial charge in [0, 0.05) is 29.6 Å². The average molecular weight is 492 g/mol. The van der Waals surface area contributed by atoms with E-state index in [4.69, 9.17) is 15.2 Å². The van der Waals surface area contributed by atoms with Crippen molar-refractivity contribution in [3.05, 3.63) is 77.4 Å². The third kappa shape index (κ3) is 4.37. The van der Waals surface area contributed by atoms with E-state index in [0.717, 1.165) is 35.1 Å². The third-order valence-corrected chi connectivity index (χ3v) is 6.69. The van der Waals surface area contributed by atoms with Gasteiger partial charge in [-0.3, -0.25) is 14.4 Å². The van der Waals surface area contributed by atoms with Crippen LogP contribution in [0.25, 0.3) is 11.1 Å². The average Bonchev–Trinajstić information content (AvgIpc) is 3.55. The first kappa shape index (κ1) is 23.4. The van der Waals surface area contributed by atoms with Crippen LogP contribution in [0.5, 0.6) is 11.5 Å². The van der Waals surface area contributed by atoms with E-state index in [-0.39, 0.29) is 29.3 Å². The number of anilines is 1. The van der Waals surface area contributed by atoms with Crippen LogP contribution in [0.3, 0.4) is 0 Å². The van der Waals surface area contributed by atoms with Crippen LogP contribution >= 0.6 is 0 Å². The summed E-state index contributed by atoms with van der Waals surface area (Å²) in [6.07, 6.45) is 1.54. The first-order valence-electron chi connectivity index (χ1n) is 11.7. The van der Waals surface area contributed by atoms with E-state index >= 15 is 0 Å². The van der Waals surface area contributed by atoms with Crippen LogP contribution in [0.2, 0.25) is 0 Å². The number of benzene rings is 3. The third-order valence-electron chi connectivity index (χ3n) is 6.69. The highest BCUT2D eigenvalue weighted by molar-refractivity contribution is 6.02. The molecule has 5 rings (SSSR count). The van der Waals surface area contributed by atoms with Gasteiger partial charge in [-0.25, -0.2) is 0 Å². The van der Waals surface area contributed by atoms with Crippen molar-refractivity contribution in [3.8, 4) is 22.6 Å². The molecule has 1 aliphatic carbocycles. The van der Waals surface area contributed by atoms with Gasteiger partial charge in [0.25, 0.3) is 5.91 Å². The molecule has 8 heteroatoms. The number of amides is 3. The van der Waals surface area contributed by atoms with Crippen LogP contribution < -0.4 is 20.5 Å². The van der Waals surface area contributed by atoms with Gasteiger partial charge in [0.1, 0.15) is 0 Å². The Hall–Kier alpha value is -4.33. The van der Waals surface area contributed by atoms with Gasteiger partial charge in [0.2, 0.25) is 18.6 Å². The van der Waals surface area contributed by atoms with Crippen molar-refractivity contribution in [2.75, 3.05) is 26.2 Å². The maximum Gasteiger partial charge on any atom is 0.253 e. The number of fused-ring (bicyclic) bond motifs is 1. The summed E-state index contributed by atoms with van der Waals surface area (Å²) in [4.78, 5) is 38.9. The zero-order chi connectivity index (χ0) is 25.4. The van der Waals surface area contributed by atoms with E-state index in [0.29, 0.717) is 22.7 Å². The second-order valence-electron chi connectivity index (χ2n) is 9.40. The Morgan fingerprint density at radius 3 is 2.36 bits per heavy atom. The first-order chi connectivity index (χ1) is 17.3. The predicted octanol–water partition coefficient (Wildman–Crippen LogP) is 4.22. The largest absolute Gasteiger partial charge is 0.454 e. The second-order valence-corrected chi connectivity index (χ2v) is 9.40. The molecule has 0 spiro atoms. The molecule has 0 bridgehead atoms. The van der Waals surface area contributed by atoms with Crippen molar-refractivity contribution >= 4 is 23.4 Å². The van der Waals surface area contributed by atoms with Crippen LogP contribution in [0.4, 0.5) is 5.69 Å². The molecule has 8 nitrogen and oxygen atoms in total. The summed E-state index contributed by atoms with van der Waals surface area (Å²) in [6, 6.07) is 18.2. The van der Waals surface area contributed by atoms with E-state index < -0.39 is 11.3 Å². The van der Waals surface area contributed by atoms with Gasteiger partial charge in [-0.1, -0.05) is 24.3 Å². The predicted molar refractivity (Wildman–Crippen MR) is 141 cm³/mol. The lowest BCUT2D eigenvalue weighted by Gasteiger charge is -2.18. The maximum absolute atomic E-state index is 13.4. The number of hydrogen-bond acceptors (Lipinski definition) is 5. The molecule has 0 atom stereocenters. The zero-order valence-electron chi connectivity index (χ0n) is 20.2. The van der Waals surface area contributed by atoms with Crippen molar-refractivity contribution in [2.24, 2.45) is 5.73 Å². The zero-order valence-corrected chi connectivity index (χ0v) is 20.2. The van der Waals surface area contributed by atoms with Gasteiger partial charge in [-0.2, -0.15) is 0 Å². The lowest BCUT2D eigenvalue weighted by molar-refractivity contribution is -0.119. The molecule has 3 N–H and O–H groups in total. The fourth-order valence-electron chi connectivity index (χ4n) is 4.53. The molecule has 1 saturated carbocycles. The number of nitrogens with zero attached hydrogens (tertiary/aromatic N) is 1. The summed E-state index contributed by atoms with van der Waals surface area (Å²) in [6.45, 7) is 0.183. The van der Waals surface area contributed by atoms with Crippen LogP contribution in [-0.2, 0) is 21.4 Å². The summed E-state index contributed by atoms with van der Waals surface area (Å²) < 4.78 is 10.9. The molecular formula is C28H33N3O5. The molecule has 190 valence electrons. The second kappa shape index (κ2) is 9.03. The highest BCUT2D eigenvalue weighted by atomic mass is 16.7. The normalized spacial score (nSPS) is 14.7. The summed E-state index contributed by atoms with van der Waals surface area (Å²) in [5, 5.41) is 3.06. The molecule has 1 heterocycles. The van der Waals surface area contributed by atoms with E-state index in [1.165, 1.54) is 4.90 Å². The Kier molecular flexibility index (Phi) is 5.88. The lowest BCUT2D eigenvalue weighted by atomic mass is 9.93. The van der Waals surface area contributed by atoms with Crippen molar-refractivity contribution < 1.29 is 28.1 Å². The summed E-state index contributed by atoms with van der Waals surface area (Å²) in [5.41, 5.74) is 9.26. The SMILES string of the molecule is CN(C)C(=O)c1ccc(-c2cc(NC(=O)C3(c4ccc5c(c4)OCO5)CC3)ccc2CC(N)=O)cc1.[HH].[HH].[HH]. The number of carbonyl (C=O) groups is 3. The first-order valence-corrected chi connectivity index (χ1v) is 11.7. The summed E-state index contributed by atoms with van der Waals surface area (Å²) in [5.74, 6) is 0.691. The Labute approximate surface area is 213 Å². The molecule has 3 amide bonds. The van der Waals surface area contributed by atoms with Gasteiger partial charge in [0.05, 0.1) is 11.8 Å². The number of rotatable bonds is 7. The number of hydrogen-bond donors (Lipinski definition) is 2. The van der Waals surface area contributed by atoms with Crippen molar-refractivity contribution in [2.45, 2.75) is 24.7 Å². The molecule has 0 radical (unpaired) electrons. The molecule has 2 aliphatic rings. The van der Waals surface area contributed by atoms with Crippen molar-refractivity contribution in [3.63, 3.8) is 0 Å². The summed E-state index contributed by atoms with van der Waals surface area (Å²) in [7, 11) is 3.40. The van der Waals surface area contributed by atoms with Crippen LogP contribution in [0, 0.1) is 0 Å². The summed E-state index contributed by atoms with van der Waals surface area (Å²) >= 11 is 0. The Morgan fingerprint density at radius 2 is 1.69 bits per heavy atom. The van der Waals surface area contributed by atoms with E-state index in [2.05, 4.69) is 5.32 Å². The molecule has 1 fully saturated rings. The van der Waals surface area contributed by atoms with Gasteiger partial charge in [-0.15, -0.1) is 0 Å². The lowest BCUT2D eigenvalue weighted by Crippen LogP contribution is -2.27. The van der Waals surface area contributed by atoms with Gasteiger partial charge >= 0.3 is 0 Å². The Morgan fingerprint density at radius 1 is 0.972 bits per heavy atom. The number of carbonyl (C=O) groups excluding carboxylic acids is 3. The molecule has 3 aromatic rings. The standard InChI is InChI=1S/C28H27N3O5.3H2/c1-31(2)26(33)18-5-3-17(4-6-18)22-15-21(9-7-19(22)13-25(29)32)30-27(34)28(11-12-28)20-8-10-23-24(14-20)36-16-35-23;;;/h3-10,14-15H,11-13,16H2,1-2H3,(H2,29,32)(H,30,34);3*1H. The molecule has 1 aliphatic heterocycles. The molecule has 36 heavy (non-hydrogen) atoms. The number of primary amides is 1. The fraction of sp³-hybridized carbons (Fsp3) is 0.250. The van der Waals surface area contributed by atoms with Gasteiger partial charge < -0.3 is 25.4 Å². The van der Waals surface area contributed by atoms with Crippen LogP contribution in [0.1, 0.15) is 38.6 Å². The maximum atomic E-state index is 13.4. The Bertz CT molecular complexity index is 1380. The minimum atomic E-state index is -0.610. The molecule has 0 aromatic heterocycles. The van der Waals surface area contributed by atoms with Gasteiger partial charge in [-0.05, 0) is 71.5 Å². The topological polar surface area (TPSA) is 111 Å². The highest BCUT2D eigenvalue weighted by Gasteiger charge is 2.51. The molecule has 0 saturated heterocycles. The fourth-order valence-corrected chi connectivity index (χ4v) is 4.53. The minimum absolute atomic E-state index is 0. The van der Waals surface area contributed by atoms with E-state index in [1.54, 1.807) is 38.4 Å². The molecule has 3 aromatic carbocycles. The minimum Gasteiger partial charge on any atom is -0.454 e. The monoisotopic (exact) mass is 491 g/mol. The van der Waals surface area contributed by atoms with E-state index in [9.17, 15) is 14.4 Å². The smallest absolute Gasteiger partial charge is 0.253 e. The van der Waals surface area contributed by atoms with Gasteiger partial charge in [0.15, 0.2) is 11.5 Å². The van der Waals surface area contributed by atoms with Crippen LogP contribution in [0.15, 0.2) is 60.7 Å². The van der Waals surface area contributed by atoms with Crippen molar-refractivity contribution in [1.29, 1.82) is 0 Å². The quantitative estimate of drug-likeness (QED) is 0.514. The van der Waals surface area contributed by atoms with E-state index in [1.807, 2.05) is 36.4 Å². The van der Waals surface area contributed by atoms with Crippen molar-refractivity contribution in [1.82, 2.24) is 4.90 Å². The number of ether oxygens (including phenoxy) is 2.